The van der Waals surface area contributed by atoms with Crippen LogP contribution in [0.5, 0.6) is 11.5 Å². The zero-order chi connectivity index (χ0) is 31.5. The van der Waals surface area contributed by atoms with E-state index in [1.807, 2.05) is 34.6 Å². The Morgan fingerprint density at radius 3 is 2.50 bits per heavy atom. The van der Waals surface area contributed by atoms with Crippen LogP contribution in [0, 0.1) is 23.1 Å². The number of amides is 2. The summed E-state index contributed by atoms with van der Waals surface area (Å²) in [5.74, 6) is 1.40. The molecule has 10 nitrogen and oxygen atoms in total. The van der Waals surface area contributed by atoms with Crippen molar-refractivity contribution in [2.24, 2.45) is 17.3 Å². The molecule has 1 aliphatic heterocycles. The molecule has 5 rings (SSSR count). The van der Waals surface area contributed by atoms with E-state index in [2.05, 4.69) is 30.8 Å². The van der Waals surface area contributed by atoms with Gasteiger partial charge in [0.1, 0.15) is 23.5 Å². The number of rotatable bonds is 10. The maximum atomic E-state index is 14.0. The molecule has 44 heavy (non-hydrogen) atoms. The number of hydrogen-bond acceptors (Lipinski definition) is 8. The van der Waals surface area contributed by atoms with Gasteiger partial charge in [0, 0.05) is 37.1 Å². The third-order valence-electron chi connectivity index (χ3n) is 8.71. The Bertz CT molecular complexity index is 1310. The molecule has 3 aliphatic rings. The number of carbonyl (C=O) groups is 2. The van der Waals surface area contributed by atoms with Gasteiger partial charge in [-0.25, -0.2) is 19.2 Å². The number of halogens is 1. The number of nitrogens with one attached hydrogen (secondary N) is 3. The molecule has 2 heterocycles. The van der Waals surface area contributed by atoms with Gasteiger partial charge in [-0.15, -0.1) is 0 Å². The molecule has 1 aromatic carbocycles. The van der Waals surface area contributed by atoms with Crippen molar-refractivity contribution in [3.05, 3.63) is 42.1 Å². The maximum absolute atomic E-state index is 14.0. The molecule has 0 atom stereocenters. The molecule has 1 saturated heterocycles. The van der Waals surface area contributed by atoms with Gasteiger partial charge in [-0.2, -0.15) is 0 Å². The van der Waals surface area contributed by atoms with E-state index in [4.69, 9.17) is 9.47 Å². The van der Waals surface area contributed by atoms with E-state index in [1.54, 1.807) is 6.20 Å². The van der Waals surface area contributed by atoms with Crippen LogP contribution >= 0.6 is 0 Å². The minimum atomic E-state index is -0.502. The quantitative estimate of drug-likeness (QED) is 0.326. The van der Waals surface area contributed by atoms with Crippen LogP contribution in [0.3, 0.4) is 0 Å². The summed E-state index contributed by atoms with van der Waals surface area (Å²) in [7, 11) is 0. The monoisotopic (exact) mass is 610 g/mol. The summed E-state index contributed by atoms with van der Waals surface area (Å²) in [5.41, 5.74) is -0.0677. The molecule has 3 N–H and O–H groups in total. The zero-order valence-corrected chi connectivity index (χ0v) is 26.6. The summed E-state index contributed by atoms with van der Waals surface area (Å²) < 4.78 is 25.6. The van der Waals surface area contributed by atoms with Crippen molar-refractivity contribution in [3.8, 4) is 11.5 Å². The van der Waals surface area contributed by atoms with Gasteiger partial charge < -0.3 is 30.3 Å². The van der Waals surface area contributed by atoms with Crippen molar-refractivity contribution in [2.45, 2.75) is 90.8 Å². The van der Waals surface area contributed by atoms with Crippen molar-refractivity contribution in [1.82, 2.24) is 25.9 Å². The molecule has 1 spiro atoms. The Morgan fingerprint density at radius 1 is 1.09 bits per heavy atom. The number of hydrogen-bond donors (Lipinski definition) is 3. The smallest absolute Gasteiger partial charge is 0.407 e. The molecule has 2 amide bonds. The van der Waals surface area contributed by atoms with Crippen LogP contribution in [0.2, 0.25) is 0 Å². The number of ether oxygens (including phenoxy) is 2. The zero-order valence-electron chi connectivity index (χ0n) is 26.6. The van der Waals surface area contributed by atoms with Crippen LogP contribution in [-0.2, 0) is 4.74 Å². The van der Waals surface area contributed by atoms with Gasteiger partial charge in [0.05, 0.1) is 11.8 Å². The topological polar surface area (TPSA) is 118 Å². The first kappa shape index (κ1) is 31.9. The van der Waals surface area contributed by atoms with Gasteiger partial charge in [-0.05, 0) is 95.9 Å². The van der Waals surface area contributed by atoms with E-state index in [9.17, 15) is 14.0 Å². The fourth-order valence-corrected chi connectivity index (χ4v) is 6.52. The number of anilines is 1. The Hall–Kier alpha value is -3.47. The van der Waals surface area contributed by atoms with Gasteiger partial charge in [0.25, 0.3) is 5.91 Å². The first-order valence-electron chi connectivity index (χ1n) is 15.9. The summed E-state index contributed by atoms with van der Waals surface area (Å²) in [4.78, 5) is 35.7. The van der Waals surface area contributed by atoms with Crippen LogP contribution in [-0.4, -0.2) is 65.8 Å². The standard InChI is InChI=1S/C33H47FN6O4/c1-21(2)15-37-30(41)26-12-23(34)8-11-27(26)43-28-17-35-20-38-29(28)40-18-33(19-40)13-25(14-33)36-16-22-6-9-24(10-7-22)39-31(42)44-32(3,4)5/h8,11-12,17,20-22,24-25,36H,6-7,9-10,13-16,18-19H2,1-5H3,(H,37,41)(H,39,42). The number of alkyl carbamates (subject to hydrolysis) is 1. The lowest BCUT2D eigenvalue weighted by Crippen LogP contribution is -2.66. The molecule has 240 valence electrons. The van der Waals surface area contributed by atoms with Crippen molar-refractivity contribution in [2.75, 3.05) is 31.1 Å². The van der Waals surface area contributed by atoms with E-state index >= 15 is 0 Å². The predicted molar refractivity (Wildman–Crippen MR) is 166 cm³/mol. The van der Waals surface area contributed by atoms with E-state index in [-0.39, 0.29) is 40.7 Å². The van der Waals surface area contributed by atoms with Gasteiger partial charge in [-0.1, -0.05) is 13.8 Å². The van der Waals surface area contributed by atoms with Gasteiger partial charge in [-0.3, -0.25) is 4.79 Å². The highest BCUT2D eigenvalue weighted by atomic mass is 19.1. The minimum absolute atomic E-state index is 0.140. The van der Waals surface area contributed by atoms with Crippen molar-refractivity contribution >= 4 is 17.8 Å². The lowest BCUT2D eigenvalue weighted by molar-refractivity contribution is 0.0434. The van der Waals surface area contributed by atoms with E-state index in [0.717, 1.165) is 58.2 Å². The molecular weight excluding hydrogens is 563 g/mol. The van der Waals surface area contributed by atoms with E-state index in [0.29, 0.717) is 30.1 Å². The summed E-state index contributed by atoms with van der Waals surface area (Å²) in [6.07, 6.45) is 9.19. The molecule has 2 aromatic rings. The molecule has 0 radical (unpaired) electrons. The lowest BCUT2D eigenvalue weighted by atomic mass is 9.60. The Kier molecular flexibility index (Phi) is 9.62. The Morgan fingerprint density at radius 2 is 1.82 bits per heavy atom. The second kappa shape index (κ2) is 13.3. The fraction of sp³-hybridized carbons (Fsp3) is 0.636. The van der Waals surface area contributed by atoms with E-state index < -0.39 is 11.4 Å². The third-order valence-corrected chi connectivity index (χ3v) is 8.71. The summed E-state index contributed by atoms with van der Waals surface area (Å²) in [6.45, 7) is 12.9. The highest BCUT2D eigenvalue weighted by Crippen LogP contribution is 2.51. The average molecular weight is 611 g/mol. The first-order chi connectivity index (χ1) is 20.9. The highest BCUT2D eigenvalue weighted by molar-refractivity contribution is 5.97. The fourth-order valence-electron chi connectivity index (χ4n) is 6.52. The number of nitrogens with zero attached hydrogens (tertiary/aromatic N) is 3. The number of aromatic nitrogens is 2. The van der Waals surface area contributed by atoms with Crippen LogP contribution in [0.1, 0.15) is 83.5 Å². The van der Waals surface area contributed by atoms with Gasteiger partial charge in [0.2, 0.25) is 0 Å². The van der Waals surface area contributed by atoms with Crippen molar-refractivity contribution in [1.29, 1.82) is 0 Å². The number of carbonyl (C=O) groups excluding carboxylic acids is 2. The average Bonchev–Trinajstić information content (AvgIpc) is 2.91. The molecule has 1 aromatic heterocycles. The van der Waals surface area contributed by atoms with Gasteiger partial charge >= 0.3 is 6.09 Å². The molecule has 0 bridgehead atoms. The Balaban J connectivity index is 1.07. The molecule has 2 saturated carbocycles. The van der Waals surface area contributed by atoms with Crippen molar-refractivity contribution in [3.63, 3.8) is 0 Å². The summed E-state index contributed by atoms with van der Waals surface area (Å²) in [6, 6.07) is 4.66. The summed E-state index contributed by atoms with van der Waals surface area (Å²) in [5, 5.41) is 9.65. The predicted octanol–water partition coefficient (Wildman–Crippen LogP) is 5.44. The van der Waals surface area contributed by atoms with Crippen molar-refractivity contribution < 1.29 is 23.5 Å². The second-order valence-corrected chi connectivity index (χ2v) is 14.3. The minimum Gasteiger partial charge on any atom is -0.451 e. The molecule has 3 fully saturated rings. The normalized spacial score (nSPS) is 21.4. The molecule has 2 aliphatic carbocycles. The van der Waals surface area contributed by atoms with Crippen LogP contribution < -0.4 is 25.6 Å². The highest BCUT2D eigenvalue weighted by Gasteiger charge is 2.53. The Labute approximate surface area is 259 Å². The second-order valence-electron chi connectivity index (χ2n) is 14.3. The largest absolute Gasteiger partial charge is 0.451 e. The first-order valence-corrected chi connectivity index (χ1v) is 15.9. The van der Waals surface area contributed by atoms with Gasteiger partial charge in [0.15, 0.2) is 11.6 Å². The SMILES string of the molecule is CC(C)CNC(=O)c1cc(F)ccc1Oc1cncnc1N1CC2(CC(NCC3CCC(NC(=O)OC(C)(C)C)CC3)C2)C1. The van der Waals surface area contributed by atoms with E-state index in [1.165, 1.54) is 24.5 Å². The molecule has 11 heteroatoms. The van der Waals surface area contributed by atoms with Crippen LogP contribution in [0.4, 0.5) is 15.0 Å². The number of benzene rings is 1. The van der Waals surface area contributed by atoms with Crippen LogP contribution in [0.25, 0.3) is 0 Å². The molecule has 0 unspecified atom stereocenters. The summed E-state index contributed by atoms with van der Waals surface area (Å²) >= 11 is 0. The third kappa shape index (κ3) is 8.16. The van der Waals surface area contributed by atoms with Crippen LogP contribution in [0.15, 0.2) is 30.7 Å². The molecular formula is C33H47FN6O4. The lowest BCUT2D eigenvalue weighted by Gasteiger charge is -2.59. The maximum Gasteiger partial charge on any atom is 0.407 e.